The SMILES string of the molecule is CCOC(=O)/C=C1\SCC(=O)N1CCOC(=O)c1sc2nc3n(c(=O)c2c1C)CCC3. The van der Waals surface area contributed by atoms with Gasteiger partial charge in [0.05, 0.1) is 35.4 Å². The molecule has 0 atom stereocenters. The van der Waals surface area contributed by atoms with Gasteiger partial charge in [0.15, 0.2) is 0 Å². The summed E-state index contributed by atoms with van der Waals surface area (Å²) in [6.45, 7) is 4.41. The molecule has 1 saturated heterocycles. The molecule has 9 nitrogen and oxygen atoms in total. The Bertz CT molecular complexity index is 1170. The highest BCUT2D eigenvalue weighted by atomic mass is 32.2. The molecule has 4 heterocycles. The summed E-state index contributed by atoms with van der Waals surface area (Å²) in [5.74, 6) is -0.269. The lowest BCUT2D eigenvalue weighted by Crippen LogP contribution is -2.29. The lowest BCUT2D eigenvalue weighted by molar-refractivity contribution is -0.137. The third-order valence-electron chi connectivity index (χ3n) is 5.08. The van der Waals surface area contributed by atoms with Gasteiger partial charge in [-0.05, 0) is 25.8 Å². The van der Waals surface area contributed by atoms with Crippen LogP contribution in [-0.4, -0.2) is 57.8 Å². The number of ether oxygens (including phenoxy) is 2. The van der Waals surface area contributed by atoms with Gasteiger partial charge in [0.1, 0.15) is 22.1 Å². The zero-order chi connectivity index (χ0) is 22.1. The van der Waals surface area contributed by atoms with Crippen LogP contribution >= 0.6 is 23.1 Å². The van der Waals surface area contributed by atoms with E-state index in [4.69, 9.17) is 9.47 Å². The van der Waals surface area contributed by atoms with E-state index in [2.05, 4.69) is 4.98 Å². The van der Waals surface area contributed by atoms with Crippen LogP contribution in [0, 0.1) is 6.92 Å². The predicted octanol–water partition coefficient (Wildman–Crippen LogP) is 1.85. The van der Waals surface area contributed by atoms with Crippen molar-refractivity contribution in [2.24, 2.45) is 0 Å². The fourth-order valence-electron chi connectivity index (χ4n) is 3.62. The average molecular weight is 464 g/mol. The quantitative estimate of drug-likeness (QED) is 0.472. The maximum atomic E-state index is 12.8. The van der Waals surface area contributed by atoms with Crippen molar-refractivity contribution >= 4 is 51.2 Å². The fraction of sp³-hybridized carbons (Fsp3) is 0.450. The molecule has 0 aliphatic carbocycles. The molecule has 0 aromatic carbocycles. The van der Waals surface area contributed by atoms with Gasteiger partial charge in [-0.25, -0.2) is 14.6 Å². The number of carbonyl (C=O) groups excluding carboxylic acids is 3. The topological polar surface area (TPSA) is 108 Å². The van der Waals surface area contributed by atoms with Crippen molar-refractivity contribution < 1.29 is 23.9 Å². The first kappa shape index (κ1) is 21.6. The van der Waals surface area contributed by atoms with Crippen molar-refractivity contribution in [3.05, 3.63) is 37.7 Å². The van der Waals surface area contributed by atoms with Crippen molar-refractivity contribution in [1.29, 1.82) is 0 Å². The number of carbonyl (C=O) groups is 3. The number of thioether (sulfide) groups is 1. The van der Waals surface area contributed by atoms with E-state index in [1.165, 1.54) is 22.7 Å². The molecule has 2 aromatic rings. The second-order valence-corrected chi connectivity index (χ2v) is 9.02. The number of aromatic nitrogens is 2. The van der Waals surface area contributed by atoms with E-state index in [-0.39, 0.29) is 37.0 Å². The number of rotatable bonds is 6. The van der Waals surface area contributed by atoms with E-state index >= 15 is 0 Å². The van der Waals surface area contributed by atoms with Crippen molar-refractivity contribution in [3.63, 3.8) is 0 Å². The molecule has 2 aliphatic rings. The number of amides is 1. The summed E-state index contributed by atoms with van der Waals surface area (Å²) in [6.07, 6.45) is 2.92. The Balaban J connectivity index is 1.46. The first-order valence-corrected chi connectivity index (χ1v) is 11.7. The highest BCUT2D eigenvalue weighted by molar-refractivity contribution is 8.04. The Hall–Kier alpha value is -2.66. The lowest BCUT2D eigenvalue weighted by atomic mass is 10.2. The Morgan fingerprint density at radius 3 is 2.84 bits per heavy atom. The third-order valence-corrected chi connectivity index (χ3v) is 7.27. The van der Waals surface area contributed by atoms with E-state index in [9.17, 15) is 19.2 Å². The van der Waals surface area contributed by atoms with Gasteiger partial charge >= 0.3 is 11.9 Å². The van der Waals surface area contributed by atoms with E-state index in [1.807, 2.05) is 0 Å². The summed E-state index contributed by atoms with van der Waals surface area (Å²) in [7, 11) is 0. The largest absolute Gasteiger partial charge is 0.463 e. The molecule has 1 fully saturated rings. The van der Waals surface area contributed by atoms with Gasteiger partial charge in [0.25, 0.3) is 5.56 Å². The van der Waals surface area contributed by atoms with E-state index < -0.39 is 11.9 Å². The van der Waals surface area contributed by atoms with Gasteiger partial charge < -0.3 is 14.4 Å². The minimum absolute atomic E-state index is 0.0398. The molecule has 164 valence electrons. The van der Waals surface area contributed by atoms with Crippen molar-refractivity contribution in [3.8, 4) is 0 Å². The first-order valence-electron chi connectivity index (χ1n) is 9.92. The van der Waals surface area contributed by atoms with Crippen molar-refractivity contribution in [1.82, 2.24) is 14.5 Å². The van der Waals surface area contributed by atoms with Crippen LogP contribution in [0.3, 0.4) is 0 Å². The predicted molar refractivity (Wildman–Crippen MR) is 116 cm³/mol. The maximum Gasteiger partial charge on any atom is 0.348 e. The molecule has 11 heteroatoms. The van der Waals surface area contributed by atoms with Crippen LogP contribution in [-0.2, 0) is 32.0 Å². The number of nitrogens with zero attached hydrogens (tertiary/aromatic N) is 3. The van der Waals surface area contributed by atoms with Crippen LogP contribution in [0.25, 0.3) is 10.2 Å². The zero-order valence-corrected chi connectivity index (χ0v) is 18.8. The minimum Gasteiger partial charge on any atom is -0.463 e. The summed E-state index contributed by atoms with van der Waals surface area (Å²) < 4.78 is 11.9. The monoisotopic (exact) mass is 463 g/mol. The van der Waals surface area contributed by atoms with Gasteiger partial charge in [0, 0.05) is 13.0 Å². The first-order chi connectivity index (χ1) is 14.9. The van der Waals surface area contributed by atoms with Gasteiger partial charge in [-0.15, -0.1) is 11.3 Å². The number of fused-ring (bicyclic) bond motifs is 2. The summed E-state index contributed by atoms with van der Waals surface area (Å²) >= 11 is 2.39. The number of thiophene rings is 1. The van der Waals surface area contributed by atoms with E-state index in [0.29, 0.717) is 32.2 Å². The van der Waals surface area contributed by atoms with Gasteiger partial charge in [-0.3, -0.25) is 14.2 Å². The normalized spacial score (nSPS) is 16.9. The number of esters is 2. The molecular weight excluding hydrogens is 442 g/mol. The van der Waals surface area contributed by atoms with Crippen molar-refractivity contribution in [2.45, 2.75) is 33.2 Å². The van der Waals surface area contributed by atoms with Gasteiger partial charge in [0.2, 0.25) is 5.91 Å². The van der Waals surface area contributed by atoms with Gasteiger partial charge in [-0.1, -0.05) is 11.8 Å². The van der Waals surface area contributed by atoms with Gasteiger partial charge in [-0.2, -0.15) is 0 Å². The fourth-order valence-corrected chi connectivity index (χ4v) is 5.66. The molecule has 0 radical (unpaired) electrons. The Kier molecular flexibility index (Phi) is 6.15. The second-order valence-electron chi connectivity index (χ2n) is 7.03. The highest BCUT2D eigenvalue weighted by Crippen LogP contribution is 2.30. The second kappa shape index (κ2) is 8.83. The summed E-state index contributed by atoms with van der Waals surface area (Å²) in [5.41, 5.74) is 0.458. The molecule has 2 aromatic heterocycles. The molecule has 0 saturated carbocycles. The molecule has 4 rings (SSSR count). The molecule has 31 heavy (non-hydrogen) atoms. The Labute approximate surface area is 186 Å². The summed E-state index contributed by atoms with van der Waals surface area (Å²) in [6, 6.07) is 0. The van der Waals surface area contributed by atoms with Crippen LogP contribution < -0.4 is 5.56 Å². The van der Waals surface area contributed by atoms with Crippen molar-refractivity contribution in [2.75, 3.05) is 25.5 Å². The summed E-state index contributed by atoms with van der Waals surface area (Å²) in [5, 5.41) is 0.942. The summed E-state index contributed by atoms with van der Waals surface area (Å²) in [4.78, 5) is 56.0. The van der Waals surface area contributed by atoms with Crippen LogP contribution in [0.4, 0.5) is 0 Å². The number of hydrogen-bond acceptors (Lipinski definition) is 9. The zero-order valence-electron chi connectivity index (χ0n) is 17.1. The highest BCUT2D eigenvalue weighted by Gasteiger charge is 2.28. The van der Waals surface area contributed by atoms with Crippen LogP contribution in [0.15, 0.2) is 15.9 Å². The average Bonchev–Trinajstić information content (AvgIpc) is 3.42. The number of aryl methyl sites for hydroxylation is 2. The minimum atomic E-state index is -0.555. The van der Waals surface area contributed by atoms with Crippen LogP contribution in [0.5, 0.6) is 0 Å². The molecule has 0 N–H and O–H groups in total. The van der Waals surface area contributed by atoms with E-state index in [0.717, 1.165) is 30.0 Å². The van der Waals surface area contributed by atoms with Crippen LogP contribution in [0.1, 0.15) is 34.4 Å². The molecule has 0 unspecified atom stereocenters. The van der Waals surface area contributed by atoms with Crippen LogP contribution in [0.2, 0.25) is 0 Å². The lowest BCUT2D eigenvalue weighted by Gasteiger charge is -2.16. The van der Waals surface area contributed by atoms with E-state index in [1.54, 1.807) is 18.4 Å². The smallest absolute Gasteiger partial charge is 0.348 e. The number of hydrogen-bond donors (Lipinski definition) is 0. The molecule has 1 amide bonds. The molecule has 0 bridgehead atoms. The third kappa shape index (κ3) is 4.11. The Morgan fingerprint density at radius 1 is 1.26 bits per heavy atom. The Morgan fingerprint density at radius 2 is 2.06 bits per heavy atom. The molecule has 2 aliphatic heterocycles. The molecular formula is C20H21N3O6S2. The molecule has 0 spiro atoms. The maximum absolute atomic E-state index is 12.8. The standard InChI is InChI=1S/C20H21N3O6S2/c1-3-28-15(25)9-14-23(13(24)10-30-14)7-8-29-20(27)17-11(2)16-18(31-17)21-12-5-4-6-22(12)19(16)26/h9H,3-8,10H2,1-2H3/b14-9-.